The van der Waals surface area contributed by atoms with E-state index < -0.39 is 23.6 Å². The summed E-state index contributed by atoms with van der Waals surface area (Å²) in [6, 6.07) is 11.6. The van der Waals surface area contributed by atoms with Crippen LogP contribution in [0.1, 0.15) is 36.6 Å². The van der Waals surface area contributed by atoms with Gasteiger partial charge in [-0.15, -0.1) is 0 Å². The molecular weight excluding hydrogens is 475 g/mol. The summed E-state index contributed by atoms with van der Waals surface area (Å²) in [6.45, 7) is 1.90. The van der Waals surface area contributed by atoms with Gasteiger partial charge >= 0.3 is 6.18 Å². The number of hydrogen-bond acceptors (Lipinski definition) is 8. The van der Waals surface area contributed by atoms with Gasteiger partial charge in [0.25, 0.3) is 0 Å². The van der Waals surface area contributed by atoms with E-state index in [9.17, 15) is 28.3 Å². The highest BCUT2D eigenvalue weighted by molar-refractivity contribution is 5.89. The molecule has 190 valence electrons. The van der Waals surface area contributed by atoms with Crippen molar-refractivity contribution in [3.63, 3.8) is 0 Å². The Bertz CT molecular complexity index is 1240. The fraction of sp³-hybridized carbons (Fsp3) is 0.280. The van der Waals surface area contributed by atoms with Crippen LogP contribution >= 0.6 is 0 Å². The number of aromatic hydroxyl groups is 1. The number of halogens is 3. The zero-order chi connectivity index (χ0) is 25.6. The Morgan fingerprint density at radius 2 is 1.89 bits per heavy atom. The Morgan fingerprint density at radius 3 is 2.50 bits per heavy atom. The number of alkyl halides is 3. The molecule has 0 fully saturated rings. The molecule has 8 nitrogen and oxygen atoms in total. The molecule has 0 aliphatic carbocycles. The highest BCUT2D eigenvalue weighted by atomic mass is 19.4. The number of phenols is 1. The topological polar surface area (TPSA) is 134 Å². The molecule has 1 atom stereocenters. The van der Waals surface area contributed by atoms with Crippen molar-refractivity contribution in [3.05, 3.63) is 70.8 Å². The summed E-state index contributed by atoms with van der Waals surface area (Å²) >= 11 is 0. The van der Waals surface area contributed by atoms with Gasteiger partial charge < -0.3 is 20.9 Å². The van der Waals surface area contributed by atoms with E-state index in [0.29, 0.717) is 5.56 Å². The fourth-order valence-electron chi connectivity index (χ4n) is 3.36. The third kappa shape index (κ3) is 7.09. The lowest BCUT2D eigenvalue weighted by Crippen LogP contribution is -2.34. The molecule has 0 bridgehead atoms. The number of ketones is 1. The number of anilines is 2. The average Bonchev–Trinajstić information content (AvgIpc) is 2.80. The molecule has 0 unspecified atom stereocenters. The van der Waals surface area contributed by atoms with E-state index in [1.54, 1.807) is 19.1 Å². The molecule has 0 amide bonds. The molecule has 3 rings (SSSR count). The van der Waals surface area contributed by atoms with E-state index >= 15 is 0 Å². The van der Waals surface area contributed by atoms with Crippen LogP contribution in [0.4, 0.5) is 24.9 Å². The second kappa shape index (κ2) is 11.9. The van der Waals surface area contributed by atoms with Gasteiger partial charge in [0.2, 0.25) is 11.8 Å². The Morgan fingerprint density at radius 1 is 1.19 bits per heavy atom. The quantitative estimate of drug-likeness (QED) is 0.390. The number of Topliss-reactive ketones (excluding diaryl/α,β-unsaturated/α-hetero) is 1. The average molecular weight is 502 g/mol. The van der Waals surface area contributed by atoms with Gasteiger partial charge in [0, 0.05) is 6.42 Å². The molecule has 0 saturated carbocycles. The van der Waals surface area contributed by atoms with Crippen molar-refractivity contribution >= 4 is 17.5 Å². The number of nitrogens with zero attached hydrogens (tertiary/aromatic N) is 3. The highest BCUT2D eigenvalue weighted by Gasteiger charge is 2.31. The van der Waals surface area contributed by atoms with Gasteiger partial charge in [-0.05, 0) is 42.7 Å². The molecule has 0 aliphatic rings. The van der Waals surface area contributed by atoms with E-state index in [1.165, 1.54) is 24.3 Å². The predicted molar refractivity (Wildman–Crippen MR) is 128 cm³/mol. The maximum Gasteiger partial charge on any atom is 0.416 e. The summed E-state index contributed by atoms with van der Waals surface area (Å²) in [5, 5.41) is 22.1. The molecule has 4 N–H and O–H groups in total. The molecule has 0 radical (unpaired) electrons. The standard InChI is InChI=1S/C24H22F3N5O3.CH4/c1-2-35-22-18(13-28)21(31-23(29)32-22)30-19(11-14-6-8-17(33)9-7-14)20(34)12-15-4-3-5-16(10-15)24(25,26)27;/h3-10,19,33H,2,11-12H2,1H3,(H3,29,30,31,32);1H4/t19-;/m0./s1. The monoisotopic (exact) mass is 501 g/mol. The van der Waals surface area contributed by atoms with Crippen molar-refractivity contribution in [2.24, 2.45) is 0 Å². The van der Waals surface area contributed by atoms with E-state index in [0.717, 1.165) is 12.1 Å². The van der Waals surface area contributed by atoms with Crippen molar-refractivity contribution in [2.45, 2.75) is 39.4 Å². The number of carbonyl (C=O) groups excluding carboxylic acids is 1. The van der Waals surface area contributed by atoms with Crippen molar-refractivity contribution in [3.8, 4) is 17.7 Å². The Hall–Kier alpha value is -4.33. The van der Waals surface area contributed by atoms with E-state index in [2.05, 4.69) is 15.3 Å². The first-order chi connectivity index (χ1) is 16.6. The summed E-state index contributed by atoms with van der Waals surface area (Å²) in [5.41, 5.74) is 5.66. The van der Waals surface area contributed by atoms with Gasteiger partial charge in [-0.2, -0.15) is 28.4 Å². The second-order valence-corrected chi connectivity index (χ2v) is 7.56. The maximum atomic E-state index is 13.3. The lowest BCUT2D eigenvalue weighted by molar-refractivity contribution is -0.137. The molecular formula is C25H26F3N5O3. The van der Waals surface area contributed by atoms with Gasteiger partial charge in [0.15, 0.2) is 17.2 Å². The molecule has 11 heteroatoms. The Labute approximate surface area is 206 Å². The number of hydrogen-bond donors (Lipinski definition) is 3. The third-order valence-electron chi connectivity index (χ3n) is 4.99. The number of nitriles is 1. The molecule has 0 spiro atoms. The van der Waals surface area contributed by atoms with Crippen LogP contribution < -0.4 is 15.8 Å². The van der Waals surface area contributed by atoms with Gasteiger partial charge in [-0.3, -0.25) is 4.79 Å². The number of carbonyl (C=O) groups is 1. The number of rotatable bonds is 9. The minimum atomic E-state index is -4.54. The predicted octanol–water partition coefficient (Wildman–Crippen LogP) is 4.52. The van der Waals surface area contributed by atoms with Gasteiger partial charge in [0.05, 0.1) is 18.2 Å². The van der Waals surface area contributed by atoms with Crippen molar-refractivity contribution in [2.75, 3.05) is 17.7 Å². The fourth-order valence-corrected chi connectivity index (χ4v) is 3.36. The molecule has 3 aromatic rings. The van der Waals surface area contributed by atoms with Crippen LogP contribution in [-0.4, -0.2) is 33.5 Å². The summed E-state index contributed by atoms with van der Waals surface area (Å²) in [4.78, 5) is 21.2. The molecule has 1 aromatic heterocycles. The minimum Gasteiger partial charge on any atom is -0.508 e. The van der Waals surface area contributed by atoms with Crippen LogP contribution in [-0.2, 0) is 23.8 Å². The van der Waals surface area contributed by atoms with Crippen LogP contribution in [0.2, 0.25) is 0 Å². The third-order valence-corrected chi connectivity index (χ3v) is 4.99. The zero-order valence-electron chi connectivity index (χ0n) is 18.6. The zero-order valence-corrected chi connectivity index (χ0v) is 18.6. The summed E-state index contributed by atoms with van der Waals surface area (Å²) < 4.78 is 44.7. The molecule has 2 aromatic carbocycles. The second-order valence-electron chi connectivity index (χ2n) is 7.56. The van der Waals surface area contributed by atoms with Crippen molar-refractivity contribution in [1.29, 1.82) is 5.26 Å². The van der Waals surface area contributed by atoms with Gasteiger partial charge in [0.1, 0.15) is 11.8 Å². The summed E-state index contributed by atoms with van der Waals surface area (Å²) in [7, 11) is 0. The van der Waals surface area contributed by atoms with Gasteiger partial charge in [-0.1, -0.05) is 37.8 Å². The number of nitrogens with one attached hydrogen (secondary N) is 1. The van der Waals surface area contributed by atoms with Gasteiger partial charge in [-0.25, -0.2) is 0 Å². The number of nitrogens with two attached hydrogens (primary N) is 1. The molecule has 0 saturated heterocycles. The number of ether oxygens (including phenoxy) is 1. The van der Waals surface area contributed by atoms with Crippen LogP contribution in [0.5, 0.6) is 11.6 Å². The number of nitrogen functional groups attached to an aromatic ring is 1. The lowest BCUT2D eigenvalue weighted by atomic mass is 9.96. The van der Waals surface area contributed by atoms with Crippen LogP contribution in [0.25, 0.3) is 0 Å². The normalized spacial score (nSPS) is 11.6. The van der Waals surface area contributed by atoms with Crippen molar-refractivity contribution < 1.29 is 27.8 Å². The maximum absolute atomic E-state index is 13.3. The first-order valence-corrected chi connectivity index (χ1v) is 10.5. The number of phenolic OH excluding ortho intramolecular Hbond substituents is 1. The summed E-state index contributed by atoms with van der Waals surface area (Å²) in [5.74, 6) is -0.700. The molecule has 1 heterocycles. The molecule has 36 heavy (non-hydrogen) atoms. The van der Waals surface area contributed by atoms with Crippen molar-refractivity contribution in [1.82, 2.24) is 9.97 Å². The smallest absolute Gasteiger partial charge is 0.416 e. The highest BCUT2D eigenvalue weighted by Crippen LogP contribution is 2.30. The van der Waals surface area contributed by atoms with E-state index in [1.807, 2.05) is 6.07 Å². The van der Waals surface area contributed by atoms with E-state index in [4.69, 9.17) is 10.5 Å². The van der Waals surface area contributed by atoms with Crippen LogP contribution in [0, 0.1) is 11.3 Å². The van der Waals surface area contributed by atoms with Crippen LogP contribution in [0.3, 0.4) is 0 Å². The first kappa shape index (κ1) is 27.9. The first-order valence-electron chi connectivity index (χ1n) is 10.5. The minimum absolute atomic E-state index is 0. The SMILES string of the molecule is C.CCOc1nc(N)nc(N[C@@H](Cc2ccc(O)cc2)C(=O)Cc2cccc(C(F)(F)F)c2)c1C#N. The lowest BCUT2D eigenvalue weighted by Gasteiger charge is -2.20. The molecule has 0 aliphatic heterocycles. The Kier molecular flexibility index (Phi) is 9.21. The largest absolute Gasteiger partial charge is 0.508 e. The Balaban J connectivity index is 0.00000456. The number of benzene rings is 2. The summed E-state index contributed by atoms with van der Waals surface area (Å²) in [6.07, 6.45) is -4.75. The van der Waals surface area contributed by atoms with Crippen LogP contribution in [0.15, 0.2) is 48.5 Å². The number of aromatic nitrogens is 2. The van der Waals surface area contributed by atoms with E-state index in [-0.39, 0.29) is 61.4 Å².